The lowest BCUT2D eigenvalue weighted by Gasteiger charge is -2.02. The first kappa shape index (κ1) is 9.20. The molecule has 1 N–H and O–H groups in total. The number of carboxylic acids is 1. The zero-order chi connectivity index (χ0) is 10.0. The molecule has 13 heavy (non-hydrogen) atoms. The monoisotopic (exact) mass is 179 g/mol. The number of halogens is 1. The maximum Gasteiger partial charge on any atom is 0.336 e. The molecule has 0 atom stereocenters. The number of hydrogen-bond acceptors (Lipinski definition) is 2. The van der Waals surface area contributed by atoms with Gasteiger partial charge in [-0.2, -0.15) is 5.26 Å². The van der Waals surface area contributed by atoms with Crippen molar-refractivity contribution in [3.8, 4) is 6.07 Å². The van der Waals surface area contributed by atoms with Gasteiger partial charge >= 0.3 is 5.97 Å². The molecule has 0 saturated carbocycles. The van der Waals surface area contributed by atoms with Gasteiger partial charge in [-0.3, -0.25) is 0 Å². The predicted molar refractivity (Wildman–Crippen MR) is 42.8 cm³/mol. The number of nitrogens with zero attached hydrogens (tertiary/aromatic N) is 1. The largest absolute Gasteiger partial charge is 0.478 e. The summed E-state index contributed by atoms with van der Waals surface area (Å²) >= 11 is 0. The molecule has 0 bridgehead atoms. The van der Waals surface area contributed by atoms with Gasteiger partial charge in [-0.15, -0.1) is 0 Å². The van der Waals surface area contributed by atoms with Crippen molar-refractivity contribution in [3.05, 3.63) is 34.6 Å². The van der Waals surface area contributed by atoms with Gasteiger partial charge in [0.15, 0.2) is 0 Å². The molecule has 0 aliphatic rings. The molecule has 0 fully saturated rings. The van der Waals surface area contributed by atoms with Gasteiger partial charge < -0.3 is 5.11 Å². The van der Waals surface area contributed by atoms with Crippen LogP contribution in [0.1, 0.15) is 21.5 Å². The SMILES string of the molecule is Cc1c(C(=O)O)ccc(F)c1C#N. The molecule has 0 heterocycles. The van der Waals surface area contributed by atoms with Crippen LogP contribution in [0.3, 0.4) is 0 Å². The predicted octanol–water partition coefficient (Wildman–Crippen LogP) is 1.70. The van der Waals surface area contributed by atoms with E-state index in [-0.39, 0.29) is 16.7 Å². The molecule has 0 unspecified atom stereocenters. The van der Waals surface area contributed by atoms with Crippen LogP contribution in [0.15, 0.2) is 12.1 Å². The van der Waals surface area contributed by atoms with E-state index in [0.29, 0.717) is 0 Å². The van der Waals surface area contributed by atoms with Gasteiger partial charge in [-0.1, -0.05) is 0 Å². The Kier molecular flexibility index (Phi) is 2.29. The lowest BCUT2D eigenvalue weighted by molar-refractivity contribution is 0.0696. The van der Waals surface area contributed by atoms with E-state index >= 15 is 0 Å². The Bertz CT molecular complexity index is 407. The van der Waals surface area contributed by atoms with Gasteiger partial charge in [0.05, 0.1) is 11.1 Å². The van der Waals surface area contributed by atoms with E-state index in [1.807, 2.05) is 0 Å². The Labute approximate surface area is 74.0 Å². The van der Waals surface area contributed by atoms with Crippen LogP contribution in [0, 0.1) is 24.1 Å². The second-order valence-corrected chi connectivity index (χ2v) is 2.51. The van der Waals surface area contributed by atoms with Gasteiger partial charge in [0.2, 0.25) is 0 Å². The highest BCUT2D eigenvalue weighted by Crippen LogP contribution is 2.16. The molecule has 4 heteroatoms. The van der Waals surface area contributed by atoms with E-state index in [2.05, 4.69) is 0 Å². The van der Waals surface area contributed by atoms with Crippen molar-refractivity contribution in [2.75, 3.05) is 0 Å². The summed E-state index contributed by atoms with van der Waals surface area (Å²) in [5.41, 5.74) is -0.0900. The molecule has 0 amide bonds. The summed E-state index contributed by atoms with van der Waals surface area (Å²) in [7, 11) is 0. The van der Waals surface area contributed by atoms with Gasteiger partial charge in [-0.25, -0.2) is 9.18 Å². The molecular weight excluding hydrogens is 173 g/mol. The number of nitriles is 1. The maximum absolute atomic E-state index is 12.9. The normalized spacial score (nSPS) is 9.31. The fraction of sp³-hybridized carbons (Fsp3) is 0.111. The summed E-state index contributed by atoms with van der Waals surface area (Å²) in [6.07, 6.45) is 0. The van der Waals surface area contributed by atoms with Crippen LogP contribution in [0.5, 0.6) is 0 Å². The van der Waals surface area contributed by atoms with Gasteiger partial charge in [0.25, 0.3) is 0 Å². The Hall–Kier alpha value is -1.89. The number of benzene rings is 1. The molecular formula is C9H6FNO2. The van der Waals surface area contributed by atoms with E-state index in [1.54, 1.807) is 6.07 Å². The number of rotatable bonds is 1. The average Bonchev–Trinajstić information content (AvgIpc) is 2.04. The highest BCUT2D eigenvalue weighted by molar-refractivity contribution is 5.90. The third-order valence-corrected chi connectivity index (χ3v) is 1.76. The van der Waals surface area contributed by atoms with Gasteiger partial charge in [-0.05, 0) is 24.6 Å². The number of carbonyl (C=O) groups is 1. The second kappa shape index (κ2) is 3.23. The quantitative estimate of drug-likeness (QED) is 0.713. The van der Waals surface area contributed by atoms with Gasteiger partial charge in [0, 0.05) is 0 Å². The minimum atomic E-state index is -1.16. The minimum absolute atomic E-state index is 0.0436. The molecule has 0 radical (unpaired) electrons. The Morgan fingerprint density at radius 3 is 2.69 bits per heavy atom. The van der Waals surface area contributed by atoms with E-state index in [9.17, 15) is 9.18 Å². The van der Waals surface area contributed by atoms with Crippen molar-refractivity contribution >= 4 is 5.97 Å². The fourth-order valence-corrected chi connectivity index (χ4v) is 1.05. The highest BCUT2D eigenvalue weighted by Gasteiger charge is 2.13. The first-order valence-electron chi connectivity index (χ1n) is 3.50. The third-order valence-electron chi connectivity index (χ3n) is 1.76. The molecule has 0 spiro atoms. The van der Waals surface area contributed by atoms with Crippen LogP contribution < -0.4 is 0 Å². The summed E-state index contributed by atoms with van der Waals surface area (Å²) in [6.45, 7) is 1.41. The van der Waals surface area contributed by atoms with E-state index in [0.717, 1.165) is 12.1 Å². The molecule has 1 aromatic carbocycles. The highest BCUT2D eigenvalue weighted by atomic mass is 19.1. The molecule has 0 aromatic heterocycles. The summed E-state index contributed by atoms with van der Waals surface area (Å²) in [5, 5.41) is 17.2. The molecule has 1 aromatic rings. The minimum Gasteiger partial charge on any atom is -0.478 e. The second-order valence-electron chi connectivity index (χ2n) is 2.51. The van der Waals surface area contributed by atoms with E-state index in [1.165, 1.54) is 6.92 Å². The number of aromatic carboxylic acids is 1. The first-order chi connectivity index (χ1) is 6.07. The zero-order valence-electron chi connectivity index (χ0n) is 6.84. The first-order valence-corrected chi connectivity index (χ1v) is 3.50. The van der Waals surface area contributed by atoms with Crippen LogP contribution in [-0.2, 0) is 0 Å². The molecule has 0 aliphatic carbocycles. The van der Waals surface area contributed by atoms with E-state index in [4.69, 9.17) is 10.4 Å². The van der Waals surface area contributed by atoms with Crippen molar-refractivity contribution in [1.82, 2.24) is 0 Å². The topological polar surface area (TPSA) is 61.1 Å². The van der Waals surface area contributed by atoms with Crippen LogP contribution in [0.2, 0.25) is 0 Å². The molecule has 0 saturated heterocycles. The third kappa shape index (κ3) is 1.49. The summed E-state index contributed by atoms with van der Waals surface area (Å²) in [5.74, 6) is -1.85. The summed E-state index contributed by atoms with van der Waals surface area (Å²) in [4.78, 5) is 10.6. The van der Waals surface area contributed by atoms with Crippen LogP contribution in [0.4, 0.5) is 4.39 Å². The van der Waals surface area contributed by atoms with Crippen molar-refractivity contribution in [3.63, 3.8) is 0 Å². The molecule has 0 aliphatic heterocycles. The average molecular weight is 179 g/mol. The Morgan fingerprint density at radius 1 is 1.62 bits per heavy atom. The maximum atomic E-state index is 12.9. The van der Waals surface area contributed by atoms with Crippen LogP contribution in [-0.4, -0.2) is 11.1 Å². The number of hydrogen-bond donors (Lipinski definition) is 1. The fourth-order valence-electron chi connectivity index (χ4n) is 1.05. The lowest BCUT2D eigenvalue weighted by atomic mass is 10.0. The van der Waals surface area contributed by atoms with Crippen molar-refractivity contribution in [2.24, 2.45) is 0 Å². The smallest absolute Gasteiger partial charge is 0.336 e. The Morgan fingerprint density at radius 2 is 2.23 bits per heavy atom. The van der Waals surface area contributed by atoms with Crippen molar-refractivity contribution in [2.45, 2.75) is 6.92 Å². The molecule has 3 nitrogen and oxygen atoms in total. The van der Waals surface area contributed by atoms with Crippen molar-refractivity contribution < 1.29 is 14.3 Å². The van der Waals surface area contributed by atoms with Crippen LogP contribution in [0.25, 0.3) is 0 Å². The molecule has 66 valence electrons. The Balaban J connectivity index is 3.47. The van der Waals surface area contributed by atoms with Crippen molar-refractivity contribution in [1.29, 1.82) is 5.26 Å². The van der Waals surface area contributed by atoms with E-state index < -0.39 is 11.8 Å². The van der Waals surface area contributed by atoms with Gasteiger partial charge in [0.1, 0.15) is 11.9 Å². The zero-order valence-corrected chi connectivity index (χ0v) is 6.84. The van der Waals surface area contributed by atoms with Crippen LogP contribution >= 0.6 is 0 Å². The number of carboxylic acid groups (broad SMARTS) is 1. The summed E-state index contributed by atoms with van der Waals surface area (Å²) in [6, 6.07) is 3.75. The standard InChI is InChI=1S/C9H6FNO2/c1-5-6(9(12)13)2-3-8(10)7(5)4-11/h2-3H,1H3,(H,12,13). The lowest BCUT2D eigenvalue weighted by Crippen LogP contribution is -2.02. The molecule has 1 rings (SSSR count). The summed E-state index contributed by atoms with van der Waals surface area (Å²) < 4.78 is 12.9.